The molecule has 1 aliphatic heterocycles. The second-order valence-electron chi connectivity index (χ2n) is 4.12. The van der Waals surface area contributed by atoms with Gasteiger partial charge < -0.3 is 5.32 Å². The molecular formula is C12H15Cl2N. The molecule has 1 aromatic carbocycles. The van der Waals surface area contributed by atoms with Crippen molar-refractivity contribution in [3.05, 3.63) is 33.3 Å². The maximum absolute atomic E-state index is 6.32. The summed E-state index contributed by atoms with van der Waals surface area (Å²) < 4.78 is 0. The lowest BCUT2D eigenvalue weighted by atomic mass is 9.91. The van der Waals surface area contributed by atoms with E-state index in [1.807, 2.05) is 13.0 Å². The average Bonchev–Trinajstić information content (AvgIpc) is 2.27. The molecule has 15 heavy (non-hydrogen) atoms. The molecule has 0 saturated carbocycles. The van der Waals surface area contributed by atoms with E-state index in [-0.39, 0.29) is 0 Å². The molecule has 1 unspecified atom stereocenters. The van der Waals surface area contributed by atoms with Crippen molar-refractivity contribution in [3.63, 3.8) is 0 Å². The van der Waals surface area contributed by atoms with Crippen LogP contribution in [0.3, 0.4) is 0 Å². The second kappa shape index (κ2) is 4.73. The van der Waals surface area contributed by atoms with Gasteiger partial charge in [-0.25, -0.2) is 0 Å². The summed E-state index contributed by atoms with van der Waals surface area (Å²) in [5.41, 5.74) is 2.24. The summed E-state index contributed by atoms with van der Waals surface area (Å²) in [5.74, 6) is 0.544. The second-order valence-corrected chi connectivity index (χ2v) is 4.90. The average molecular weight is 244 g/mol. The molecule has 0 spiro atoms. The van der Waals surface area contributed by atoms with E-state index >= 15 is 0 Å². The van der Waals surface area contributed by atoms with Gasteiger partial charge in [-0.15, -0.1) is 0 Å². The van der Waals surface area contributed by atoms with Gasteiger partial charge in [0.05, 0.1) is 0 Å². The largest absolute Gasteiger partial charge is 0.316 e. The number of nitrogens with one attached hydrogen (secondary N) is 1. The Balaban J connectivity index is 2.31. The van der Waals surface area contributed by atoms with E-state index in [9.17, 15) is 0 Å². The summed E-state index contributed by atoms with van der Waals surface area (Å²) in [6, 6.07) is 4.02. The van der Waals surface area contributed by atoms with E-state index in [0.29, 0.717) is 5.92 Å². The fourth-order valence-corrected chi connectivity index (χ4v) is 2.64. The van der Waals surface area contributed by atoms with Gasteiger partial charge in [0.1, 0.15) is 0 Å². The van der Waals surface area contributed by atoms with Crippen molar-refractivity contribution in [2.75, 3.05) is 13.1 Å². The first-order chi connectivity index (χ1) is 7.20. The highest BCUT2D eigenvalue weighted by Gasteiger charge is 2.19. The van der Waals surface area contributed by atoms with Crippen molar-refractivity contribution in [2.45, 2.75) is 25.7 Å². The monoisotopic (exact) mass is 243 g/mol. The first kappa shape index (κ1) is 11.3. The molecule has 2 rings (SSSR count). The molecule has 0 aliphatic carbocycles. The smallest absolute Gasteiger partial charge is 0.0485 e. The molecule has 0 amide bonds. The fourth-order valence-electron chi connectivity index (χ4n) is 2.12. The Morgan fingerprint density at radius 1 is 1.33 bits per heavy atom. The van der Waals surface area contributed by atoms with Gasteiger partial charge in [-0.1, -0.05) is 29.3 Å². The van der Waals surface area contributed by atoms with Gasteiger partial charge in [-0.2, -0.15) is 0 Å². The highest BCUT2D eigenvalue weighted by atomic mass is 35.5. The molecular weight excluding hydrogens is 229 g/mol. The van der Waals surface area contributed by atoms with Gasteiger partial charge in [-0.05, 0) is 49.4 Å². The predicted octanol–water partition coefficient (Wildman–Crippen LogP) is 3.77. The summed E-state index contributed by atoms with van der Waals surface area (Å²) in [7, 11) is 0. The Kier molecular flexibility index (Phi) is 3.55. The van der Waals surface area contributed by atoms with Crippen LogP contribution in [0.15, 0.2) is 12.1 Å². The molecule has 1 aliphatic rings. The summed E-state index contributed by atoms with van der Waals surface area (Å²) in [5, 5.41) is 5.00. The van der Waals surface area contributed by atoms with E-state index < -0.39 is 0 Å². The third-order valence-electron chi connectivity index (χ3n) is 3.09. The molecule has 1 nitrogen and oxygen atoms in total. The van der Waals surface area contributed by atoms with Gasteiger partial charge in [0.25, 0.3) is 0 Å². The number of benzene rings is 1. The standard InChI is InChI=1S/C12H15Cl2N/c1-8-11(13)5-4-10(12(8)14)9-3-2-6-15-7-9/h4-5,9,15H,2-3,6-7H2,1H3. The Labute approximate surface area is 101 Å². The van der Waals surface area contributed by atoms with Gasteiger partial charge in [-0.3, -0.25) is 0 Å². The molecule has 0 bridgehead atoms. The number of hydrogen-bond acceptors (Lipinski definition) is 1. The lowest BCUT2D eigenvalue weighted by Gasteiger charge is -2.24. The van der Waals surface area contributed by atoms with Crippen molar-refractivity contribution in [2.24, 2.45) is 0 Å². The molecule has 1 atom stereocenters. The summed E-state index contributed by atoms with van der Waals surface area (Å²) >= 11 is 12.3. The highest BCUT2D eigenvalue weighted by molar-refractivity contribution is 6.36. The lowest BCUT2D eigenvalue weighted by molar-refractivity contribution is 0.461. The highest BCUT2D eigenvalue weighted by Crippen LogP contribution is 2.34. The van der Waals surface area contributed by atoms with Crippen molar-refractivity contribution in [1.82, 2.24) is 5.32 Å². The number of hydrogen-bond donors (Lipinski definition) is 1. The van der Waals surface area contributed by atoms with E-state index in [1.54, 1.807) is 0 Å². The predicted molar refractivity (Wildman–Crippen MR) is 66.0 cm³/mol. The number of rotatable bonds is 1. The van der Waals surface area contributed by atoms with Crippen LogP contribution in [0, 0.1) is 6.92 Å². The van der Waals surface area contributed by atoms with Crippen LogP contribution in [-0.2, 0) is 0 Å². The molecule has 1 saturated heterocycles. The molecule has 1 heterocycles. The van der Waals surface area contributed by atoms with Crippen LogP contribution in [0.4, 0.5) is 0 Å². The van der Waals surface area contributed by atoms with E-state index in [1.165, 1.54) is 18.4 Å². The van der Waals surface area contributed by atoms with Crippen LogP contribution in [0.2, 0.25) is 10.0 Å². The van der Waals surface area contributed by atoms with Gasteiger partial charge in [0, 0.05) is 16.6 Å². The third-order valence-corrected chi connectivity index (χ3v) is 4.00. The van der Waals surface area contributed by atoms with Crippen LogP contribution in [0.25, 0.3) is 0 Å². The summed E-state index contributed by atoms with van der Waals surface area (Å²) in [4.78, 5) is 0. The molecule has 1 fully saturated rings. The zero-order chi connectivity index (χ0) is 10.8. The van der Waals surface area contributed by atoms with Crippen LogP contribution < -0.4 is 5.32 Å². The van der Waals surface area contributed by atoms with E-state index in [2.05, 4.69) is 11.4 Å². The Morgan fingerprint density at radius 3 is 2.80 bits per heavy atom. The Bertz CT molecular complexity index is 357. The molecule has 0 aromatic heterocycles. The first-order valence-corrected chi connectivity index (χ1v) is 6.11. The minimum absolute atomic E-state index is 0.544. The summed E-state index contributed by atoms with van der Waals surface area (Å²) in [6.45, 7) is 4.13. The van der Waals surface area contributed by atoms with E-state index in [0.717, 1.165) is 28.7 Å². The zero-order valence-electron chi connectivity index (χ0n) is 8.82. The number of halogens is 2. The van der Waals surface area contributed by atoms with Gasteiger partial charge >= 0.3 is 0 Å². The van der Waals surface area contributed by atoms with Crippen LogP contribution in [0.1, 0.15) is 29.9 Å². The normalized spacial score (nSPS) is 21.7. The zero-order valence-corrected chi connectivity index (χ0v) is 10.3. The minimum atomic E-state index is 0.544. The molecule has 82 valence electrons. The maximum Gasteiger partial charge on any atom is 0.0485 e. The third kappa shape index (κ3) is 2.30. The fraction of sp³-hybridized carbons (Fsp3) is 0.500. The van der Waals surface area contributed by atoms with Gasteiger partial charge in [0.15, 0.2) is 0 Å². The Hall–Kier alpha value is -0.240. The number of piperidine rings is 1. The van der Waals surface area contributed by atoms with Crippen LogP contribution in [0.5, 0.6) is 0 Å². The topological polar surface area (TPSA) is 12.0 Å². The van der Waals surface area contributed by atoms with Crippen molar-refractivity contribution in [1.29, 1.82) is 0 Å². The SMILES string of the molecule is Cc1c(Cl)ccc(C2CCCNC2)c1Cl. The first-order valence-electron chi connectivity index (χ1n) is 5.35. The van der Waals surface area contributed by atoms with Crippen LogP contribution in [-0.4, -0.2) is 13.1 Å². The Morgan fingerprint density at radius 2 is 2.13 bits per heavy atom. The lowest BCUT2D eigenvalue weighted by Crippen LogP contribution is -2.28. The van der Waals surface area contributed by atoms with Crippen molar-refractivity contribution < 1.29 is 0 Å². The molecule has 3 heteroatoms. The maximum atomic E-state index is 6.32. The molecule has 1 N–H and O–H groups in total. The van der Waals surface area contributed by atoms with E-state index in [4.69, 9.17) is 23.2 Å². The van der Waals surface area contributed by atoms with Crippen LogP contribution >= 0.6 is 23.2 Å². The van der Waals surface area contributed by atoms with Crippen molar-refractivity contribution >= 4 is 23.2 Å². The molecule has 1 aromatic rings. The summed E-state index contributed by atoms with van der Waals surface area (Å²) in [6.07, 6.45) is 2.44. The quantitative estimate of drug-likeness (QED) is 0.792. The van der Waals surface area contributed by atoms with Crippen molar-refractivity contribution in [3.8, 4) is 0 Å². The minimum Gasteiger partial charge on any atom is -0.316 e. The molecule has 0 radical (unpaired) electrons. The van der Waals surface area contributed by atoms with Gasteiger partial charge in [0.2, 0.25) is 0 Å².